The lowest BCUT2D eigenvalue weighted by Gasteiger charge is -1.97. The minimum Gasteiger partial charge on any atom is -0.462 e. The quantitative estimate of drug-likeness (QED) is 0.616. The smallest absolute Gasteiger partial charge is 0.302 e. The Morgan fingerprint density at radius 1 is 1.39 bits per heavy atom. The molecule has 18 heavy (non-hydrogen) atoms. The Kier molecular flexibility index (Phi) is 4.15. The Labute approximate surface area is 111 Å². The number of thiophene rings is 1. The van der Waals surface area contributed by atoms with Gasteiger partial charge in [-0.2, -0.15) is 0 Å². The highest BCUT2D eigenvalue weighted by molar-refractivity contribution is 7.17. The van der Waals surface area contributed by atoms with Crippen LogP contribution in [0.3, 0.4) is 0 Å². The number of aryl methyl sites for hydroxylation is 1. The number of allylic oxidation sites excluding steroid dienone is 1. The second kappa shape index (κ2) is 5.83. The van der Waals surface area contributed by atoms with Gasteiger partial charge in [0.15, 0.2) is 0 Å². The summed E-state index contributed by atoms with van der Waals surface area (Å²) >= 11 is 1.77. The fourth-order valence-electron chi connectivity index (χ4n) is 1.80. The molecule has 0 aliphatic carbocycles. The summed E-state index contributed by atoms with van der Waals surface area (Å²) in [6.07, 6.45) is 4.82. The van der Waals surface area contributed by atoms with E-state index in [0.29, 0.717) is 6.61 Å². The van der Waals surface area contributed by atoms with Gasteiger partial charge in [0.1, 0.15) is 6.61 Å². The van der Waals surface area contributed by atoms with Crippen molar-refractivity contribution in [1.82, 2.24) is 0 Å². The van der Waals surface area contributed by atoms with Crippen LogP contribution in [0.5, 0.6) is 0 Å². The van der Waals surface area contributed by atoms with Gasteiger partial charge in [-0.15, -0.1) is 11.3 Å². The van der Waals surface area contributed by atoms with E-state index in [1.165, 1.54) is 28.1 Å². The molecule has 0 atom stereocenters. The lowest BCUT2D eigenvalue weighted by molar-refractivity contribution is -0.139. The first kappa shape index (κ1) is 12.8. The summed E-state index contributed by atoms with van der Waals surface area (Å²) in [5.74, 6) is -0.240. The Morgan fingerprint density at radius 3 is 3.00 bits per heavy atom. The van der Waals surface area contributed by atoms with Gasteiger partial charge in [-0.25, -0.2) is 0 Å². The number of carbonyl (C=O) groups excluding carboxylic acids is 1. The van der Waals surface area contributed by atoms with E-state index in [2.05, 4.69) is 30.5 Å². The number of esters is 1. The molecule has 2 aromatic rings. The van der Waals surface area contributed by atoms with Crippen molar-refractivity contribution in [3.05, 3.63) is 46.9 Å². The third kappa shape index (κ3) is 3.20. The third-order valence-corrected chi connectivity index (χ3v) is 3.71. The highest BCUT2D eigenvalue weighted by atomic mass is 32.1. The van der Waals surface area contributed by atoms with Crippen LogP contribution < -0.4 is 0 Å². The number of hydrogen-bond acceptors (Lipinski definition) is 3. The molecule has 2 rings (SSSR count). The van der Waals surface area contributed by atoms with Crippen LogP contribution in [-0.4, -0.2) is 12.6 Å². The number of ether oxygens (including phenoxy) is 1. The van der Waals surface area contributed by atoms with E-state index < -0.39 is 0 Å². The Balaban J connectivity index is 2.03. The summed E-state index contributed by atoms with van der Waals surface area (Å²) < 4.78 is 6.17. The van der Waals surface area contributed by atoms with Crippen LogP contribution in [0.1, 0.15) is 18.1 Å². The summed E-state index contributed by atoms with van der Waals surface area (Å²) in [7, 11) is 0. The lowest BCUT2D eigenvalue weighted by Crippen LogP contribution is -1.97. The first-order valence-corrected chi connectivity index (χ1v) is 6.80. The zero-order valence-corrected chi connectivity index (χ0v) is 11.4. The SMILES string of the molecule is CC(=O)OC/C=C/Cc1csc2ccc(C)cc12. The maximum absolute atomic E-state index is 10.6. The molecule has 0 N–H and O–H groups in total. The van der Waals surface area contributed by atoms with Crippen molar-refractivity contribution >= 4 is 27.4 Å². The average Bonchev–Trinajstić information content (AvgIpc) is 2.71. The molecule has 0 aliphatic heterocycles. The number of carbonyl (C=O) groups is 1. The molecule has 2 nitrogen and oxygen atoms in total. The molecule has 0 radical (unpaired) electrons. The molecule has 0 amide bonds. The van der Waals surface area contributed by atoms with Gasteiger partial charge in [-0.1, -0.05) is 29.8 Å². The van der Waals surface area contributed by atoms with E-state index in [9.17, 15) is 4.79 Å². The zero-order chi connectivity index (χ0) is 13.0. The van der Waals surface area contributed by atoms with Crippen LogP contribution >= 0.6 is 11.3 Å². The van der Waals surface area contributed by atoms with Crippen LogP contribution in [0, 0.1) is 6.92 Å². The van der Waals surface area contributed by atoms with Gasteiger partial charge in [0.05, 0.1) is 0 Å². The van der Waals surface area contributed by atoms with Gasteiger partial charge in [-0.05, 0) is 35.7 Å². The number of benzene rings is 1. The minimum atomic E-state index is -0.240. The van der Waals surface area contributed by atoms with Crippen molar-refractivity contribution in [2.24, 2.45) is 0 Å². The molecule has 0 spiro atoms. The molecule has 94 valence electrons. The van der Waals surface area contributed by atoms with Crippen molar-refractivity contribution < 1.29 is 9.53 Å². The largest absolute Gasteiger partial charge is 0.462 e. The lowest BCUT2D eigenvalue weighted by atomic mass is 10.1. The van der Waals surface area contributed by atoms with Gasteiger partial charge < -0.3 is 4.74 Å². The van der Waals surface area contributed by atoms with Crippen LogP contribution in [0.4, 0.5) is 0 Å². The number of fused-ring (bicyclic) bond motifs is 1. The van der Waals surface area contributed by atoms with Gasteiger partial charge in [0, 0.05) is 11.6 Å². The van der Waals surface area contributed by atoms with Crippen molar-refractivity contribution in [1.29, 1.82) is 0 Å². The zero-order valence-electron chi connectivity index (χ0n) is 10.6. The molecule has 0 aliphatic rings. The normalized spacial score (nSPS) is 11.2. The first-order valence-electron chi connectivity index (χ1n) is 5.92. The number of hydrogen-bond donors (Lipinski definition) is 0. The molecule has 0 bridgehead atoms. The molecule has 0 unspecified atom stereocenters. The topological polar surface area (TPSA) is 26.3 Å². The van der Waals surface area contributed by atoms with Gasteiger partial charge in [0.2, 0.25) is 0 Å². The molecular weight excluding hydrogens is 244 g/mol. The fraction of sp³-hybridized carbons (Fsp3) is 0.267. The molecule has 0 saturated carbocycles. The Morgan fingerprint density at radius 2 is 2.22 bits per heavy atom. The van der Waals surface area contributed by atoms with E-state index in [4.69, 9.17) is 4.74 Å². The molecule has 3 heteroatoms. The summed E-state index contributed by atoms with van der Waals surface area (Å²) in [5.41, 5.74) is 2.61. The summed E-state index contributed by atoms with van der Waals surface area (Å²) in [6.45, 7) is 3.89. The molecule has 1 aromatic carbocycles. The number of rotatable bonds is 4. The van der Waals surface area contributed by atoms with Crippen molar-refractivity contribution in [3.8, 4) is 0 Å². The van der Waals surface area contributed by atoms with Gasteiger partial charge in [-0.3, -0.25) is 4.79 Å². The summed E-state index contributed by atoms with van der Waals surface area (Å²) in [5, 5.41) is 3.53. The highest BCUT2D eigenvalue weighted by Crippen LogP contribution is 2.27. The van der Waals surface area contributed by atoms with Crippen molar-refractivity contribution in [2.75, 3.05) is 6.61 Å². The van der Waals surface area contributed by atoms with Crippen LogP contribution in [0.25, 0.3) is 10.1 Å². The molecule has 0 fully saturated rings. The predicted molar refractivity (Wildman–Crippen MR) is 76.0 cm³/mol. The molecule has 1 aromatic heterocycles. The van der Waals surface area contributed by atoms with Crippen LogP contribution in [0.15, 0.2) is 35.7 Å². The maximum atomic E-state index is 10.6. The Bertz CT molecular complexity index is 581. The fourth-order valence-corrected chi connectivity index (χ4v) is 2.75. The monoisotopic (exact) mass is 260 g/mol. The van der Waals surface area contributed by atoms with E-state index >= 15 is 0 Å². The van der Waals surface area contributed by atoms with Gasteiger partial charge in [0.25, 0.3) is 0 Å². The van der Waals surface area contributed by atoms with E-state index in [-0.39, 0.29) is 5.97 Å². The van der Waals surface area contributed by atoms with E-state index in [1.807, 2.05) is 12.2 Å². The van der Waals surface area contributed by atoms with E-state index in [0.717, 1.165) is 6.42 Å². The van der Waals surface area contributed by atoms with Crippen LogP contribution in [-0.2, 0) is 16.0 Å². The summed E-state index contributed by atoms with van der Waals surface area (Å²) in [6, 6.07) is 6.53. The second-order valence-corrected chi connectivity index (χ2v) is 5.15. The molecule has 1 heterocycles. The summed E-state index contributed by atoms with van der Waals surface area (Å²) in [4.78, 5) is 10.6. The van der Waals surface area contributed by atoms with E-state index in [1.54, 1.807) is 11.3 Å². The molecule has 0 saturated heterocycles. The standard InChI is InChI=1S/C15H16O2S/c1-11-6-7-15-14(9-11)13(10-18-15)5-3-4-8-17-12(2)16/h3-4,6-7,9-10H,5,8H2,1-2H3/b4-3+. The van der Waals surface area contributed by atoms with Crippen LogP contribution in [0.2, 0.25) is 0 Å². The third-order valence-electron chi connectivity index (χ3n) is 2.70. The second-order valence-electron chi connectivity index (χ2n) is 4.24. The Hall–Kier alpha value is -1.61. The highest BCUT2D eigenvalue weighted by Gasteiger charge is 2.02. The maximum Gasteiger partial charge on any atom is 0.302 e. The minimum absolute atomic E-state index is 0.240. The molecular formula is C15H16O2S. The van der Waals surface area contributed by atoms with Gasteiger partial charge >= 0.3 is 5.97 Å². The average molecular weight is 260 g/mol. The van der Waals surface area contributed by atoms with Crippen molar-refractivity contribution in [2.45, 2.75) is 20.3 Å². The van der Waals surface area contributed by atoms with Crippen molar-refractivity contribution in [3.63, 3.8) is 0 Å². The first-order chi connectivity index (χ1) is 8.66. The predicted octanol–water partition coefficient (Wildman–Crippen LogP) is 3.87.